The third kappa shape index (κ3) is 5.16. The highest BCUT2D eigenvalue weighted by atomic mass is 35.5. The number of sulfonamides is 1. The van der Waals surface area contributed by atoms with E-state index in [-0.39, 0.29) is 42.6 Å². The second-order valence-electron chi connectivity index (χ2n) is 6.17. The van der Waals surface area contributed by atoms with Crippen LogP contribution in [0.5, 0.6) is 0 Å². The standard InChI is InChI=1S/C15H21N5O5S.ClH/c1-15(2)13(22)19-14(23)20(15)9-12(21)18-10-4-3-5-11(8-10)26(24,25)17-7-6-16;/h3-5,8,17H,6-7,9,16H2,1-2H3,(H,18,21)(H,19,22,23);1H. The topological polar surface area (TPSA) is 151 Å². The van der Waals surface area contributed by atoms with Gasteiger partial charge < -0.3 is 16.0 Å². The summed E-state index contributed by atoms with van der Waals surface area (Å²) in [7, 11) is -3.74. The number of benzene rings is 1. The maximum Gasteiger partial charge on any atom is 0.325 e. The fraction of sp³-hybridized carbons (Fsp3) is 0.400. The first-order valence-electron chi connectivity index (χ1n) is 7.80. The molecule has 1 aliphatic rings. The molecule has 0 radical (unpaired) electrons. The molecule has 1 aliphatic heterocycles. The zero-order valence-corrected chi connectivity index (χ0v) is 16.4. The van der Waals surface area contributed by atoms with Crippen LogP contribution in [0.4, 0.5) is 10.5 Å². The van der Waals surface area contributed by atoms with Gasteiger partial charge >= 0.3 is 6.03 Å². The van der Waals surface area contributed by atoms with E-state index in [4.69, 9.17) is 5.73 Å². The smallest absolute Gasteiger partial charge is 0.325 e. The lowest BCUT2D eigenvalue weighted by molar-refractivity contribution is -0.126. The van der Waals surface area contributed by atoms with E-state index in [1.807, 2.05) is 0 Å². The lowest BCUT2D eigenvalue weighted by Gasteiger charge is -2.27. The van der Waals surface area contributed by atoms with Crippen molar-refractivity contribution in [1.82, 2.24) is 14.9 Å². The molecule has 0 spiro atoms. The van der Waals surface area contributed by atoms with Gasteiger partial charge in [0.1, 0.15) is 12.1 Å². The number of hydrogen-bond donors (Lipinski definition) is 4. The Kier molecular flexibility index (Phi) is 7.32. The monoisotopic (exact) mass is 419 g/mol. The molecule has 1 aromatic rings. The first-order valence-corrected chi connectivity index (χ1v) is 9.29. The number of amides is 4. The second-order valence-corrected chi connectivity index (χ2v) is 7.93. The number of halogens is 1. The molecule has 0 saturated carbocycles. The van der Waals surface area contributed by atoms with Crippen LogP contribution < -0.4 is 21.1 Å². The Labute approximate surface area is 163 Å². The SMILES string of the molecule is CC1(C)C(=O)NC(=O)N1CC(=O)Nc1cccc(S(=O)(=O)NCCN)c1.Cl. The van der Waals surface area contributed by atoms with Crippen molar-refractivity contribution in [2.45, 2.75) is 24.3 Å². The van der Waals surface area contributed by atoms with E-state index in [1.54, 1.807) is 0 Å². The molecule has 4 amide bonds. The molecule has 27 heavy (non-hydrogen) atoms. The summed E-state index contributed by atoms with van der Waals surface area (Å²) >= 11 is 0. The van der Waals surface area contributed by atoms with Gasteiger partial charge in [-0.2, -0.15) is 0 Å². The maximum atomic E-state index is 12.2. The third-order valence-electron chi connectivity index (χ3n) is 3.86. The van der Waals surface area contributed by atoms with Gasteiger partial charge in [0.2, 0.25) is 15.9 Å². The van der Waals surface area contributed by atoms with Crippen LogP contribution in [0.25, 0.3) is 0 Å². The number of carbonyl (C=O) groups is 3. The van der Waals surface area contributed by atoms with Crippen molar-refractivity contribution in [3.8, 4) is 0 Å². The quantitative estimate of drug-likeness (QED) is 0.442. The molecule has 0 unspecified atom stereocenters. The number of nitrogens with one attached hydrogen (secondary N) is 3. The number of rotatable bonds is 7. The summed E-state index contributed by atoms with van der Waals surface area (Å²) in [6, 6.07) is 5.00. The predicted molar refractivity (Wildman–Crippen MR) is 101 cm³/mol. The van der Waals surface area contributed by atoms with Gasteiger partial charge in [0.15, 0.2) is 0 Å². The summed E-state index contributed by atoms with van der Waals surface area (Å²) in [6.45, 7) is 2.94. The number of nitrogens with zero attached hydrogens (tertiary/aromatic N) is 1. The van der Waals surface area contributed by atoms with Gasteiger partial charge in [-0.1, -0.05) is 6.07 Å². The average Bonchev–Trinajstić information content (AvgIpc) is 2.75. The molecule has 2 rings (SSSR count). The van der Waals surface area contributed by atoms with E-state index in [9.17, 15) is 22.8 Å². The van der Waals surface area contributed by atoms with E-state index in [2.05, 4.69) is 15.4 Å². The Balaban J connectivity index is 0.00000364. The molecular formula is C15H22ClN5O5S. The third-order valence-corrected chi connectivity index (χ3v) is 5.32. The zero-order chi connectivity index (χ0) is 19.5. The summed E-state index contributed by atoms with van der Waals surface area (Å²) in [4.78, 5) is 36.8. The minimum Gasteiger partial charge on any atom is -0.329 e. The Hall–Kier alpha value is -2.21. The van der Waals surface area contributed by atoms with Gasteiger partial charge in [-0.3, -0.25) is 14.9 Å². The fourth-order valence-electron chi connectivity index (χ4n) is 2.33. The van der Waals surface area contributed by atoms with Crippen molar-refractivity contribution in [2.24, 2.45) is 5.73 Å². The molecule has 10 nitrogen and oxygen atoms in total. The molecule has 0 atom stereocenters. The Morgan fingerprint density at radius 3 is 2.52 bits per heavy atom. The molecule has 1 aromatic carbocycles. The lowest BCUT2D eigenvalue weighted by Crippen LogP contribution is -2.47. The van der Waals surface area contributed by atoms with Crippen molar-refractivity contribution < 1.29 is 22.8 Å². The highest BCUT2D eigenvalue weighted by molar-refractivity contribution is 7.89. The van der Waals surface area contributed by atoms with Crippen LogP contribution in [0.3, 0.4) is 0 Å². The molecule has 0 aliphatic carbocycles. The highest BCUT2D eigenvalue weighted by Crippen LogP contribution is 2.21. The lowest BCUT2D eigenvalue weighted by atomic mass is 10.0. The van der Waals surface area contributed by atoms with Crippen molar-refractivity contribution in [2.75, 3.05) is 25.0 Å². The summed E-state index contributed by atoms with van der Waals surface area (Å²) < 4.78 is 26.5. The molecule has 5 N–H and O–H groups in total. The molecule has 1 fully saturated rings. The van der Waals surface area contributed by atoms with Gasteiger partial charge in [0, 0.05) is 18.8 Å². The highest BCUT2D eigenvalue weighted by Gasteiger charge is 2.46. The summed E-state index contributed by atoms with van der Waals surface area (Å²) in [6.07, 6.45) is 0. The second kappa shape index (κ2) is 8.65. The Bertz CT molecular complexity index is 843. The minimum absolute atomic E-state index is 0. The van der Waals surface area contributed by atoms with Gasteiger partial charge in [0.25, 0.3) is 5.91 Å². The van der Waals surface area contributed by atoms with Crippen LogP contribution in [-0.4, -0.2) is 56.3 Å². The van der Waals surface area contributed by atoms with E-state index >= 15 is 0 Å². The predicted octanol–water partition coefficient (Wildman–Crippen LogP) is -0.386. The number of anilines is 1. The number of nitrogens with two attached hydrogens (primary N) is 1. The van der Waals surface area contributed by atoms with E-state index in [0.717, 1.165) is 4.90 Å². The minimum atomic E-state index is -3.74. The summed E-state index contributed by atoms with van der Waals surface area (Å²) in [5, 5.41) is 4.67. The summed E-state index contributed by atoms with van der Waals surface area (Å²) in [5.74, 6) is -1.05. The molecule has 1 saturated heterocycles. The van der Waals surface area contributed by atoms with Crippen molar-refractivity contribution in [1.29, 1.82) is 0 Å². The fourth-order valence-corrected chi connectivity index (χ4v) is 3.42. The molecular weight excluding hydrogens is 398 g/mol. The molecule has 12 heteroatoms. The largest absolute Gasteiger partial charge is 0.329 e. The first-order chi connectivity index (χ1) is 12.1. The van der Waals surface area contributed by atoms with E-state index < -0.39 is 33.4 Å². The van der Waals surface area contributed by atoms with Crippen LogP contribution >= 0.6 is 12.4 Å². The Morgan fingerprint density at radius 2 is 1.96 bits per heavy atom. The van der Waals surface area contributed by atoms with Crippen molar-refractivity contribution in [3.63, 3.8) is 0 Å². The van der Waals surface area contributed by atoms with Crippen LogP contribution in [0.1, 0.15) is 13.8 Å². The normalized spacial score (nSPS) is 15.9. The summed E-state index contributed by atoms with van der Waals surface area (Å²) in [5.41, 5.74) is 4.38. The number of hydrogen-bond acceptors (Lipinski definition) is 6. The van der Waals surface area contributed by atoms with Gasteiger partial charge in [-0.15, -0.1) is 12.4 Å². The first kappa shape index (κ1) is 22.8. The number of carbonyl (C=O) groups excluding carboxylic acids is 3. The van der Waals surface area contributed by atoms with Crippen molar-refractivity contribution in [3.05, 3.63) is 24.3 Å². The molecule has 0 bridgehead atoms. The van der Waals surface area contributed by atoms with E-state index in [0.29, 0.717) is 0 Å². The van der Waals surface area contributed by atoms with E-state index in [1.165, 1.54) is 38.1 Å². The van der Waals surface area contributed by atoms with Gasteiger partial charge in [0.05, 0.1) is 4.90 Å². The van der Waals surface area contributed by atoms with Crippen LogP contribution in [-0.2, 0) is 19.6 Å². The average molecular weight is 420 g/mol. The van der Waals surface area contributed by atoms with Crippen LogP contribution in [0, 0.1) is 0 Å². The van der Waals surface area contributed by atoms with Crippen LogP contribution in [0.2, 0.25) is 0 Å². The zero-order valence-electron chi connectivity index (χ0n) is 14.8. The van der Waals surface area contributed by atoms with Gasteiger partial charge in [-0.05, 0) is 32.0 Å². The molecule has 150 valence electrons. The Morgan fingerprint density at radius 1 is 1.30 bits per heavy atom. The molecule has 1 heterocycles. The maximum absolute atomic E-state index is 12.2. The molecule has 0 aromatic heterocycles. The van der Waals surface area contributed by atoms with Crippen LogP contribution in [0.15, 0.2) is 29.2 Å². The van der Waals surface area contributed by atoms with Gasteiger partial charge in [-0.25, -0.2) is 17.9 Å². The number of imide groups is 1. The number of urea groups is 1. The van der Waals surface area contributed by atoms with Crippen molar-refractivity contribution >= 4 is 46.0 Å².